The van der Waals surface area contributed by atoms with Gasteiger partial charge in [0.15, 0.2) is 5.67 Å². The van der Waals surface area contributed by atoms with E-state index in [2.05, 4.69) is 5.10 Å². The van der Waals surface area contributed by atoms with Gasteiger partial charge in [-0.1, -0.05) is 6.92 Å². The Balaban J connectivity index is 1.81. The van der Waals surface area contributed by atoms with Crippen LogP contribution in [0, 0.1) is 5.41 Å². The van der Waals surface area contributed by atoms with Gasteiger partial charge in [-0.2, -0.15) is 5.10 Å². The van der Waals surface area contributed by atoms with E-state index in [0.717, 1.165) is 6.20 Å². The van der Waals surface area contributed by atoms with Crippen molar-refractivity contribution in [3.63, 3.8) is 0 Å². The zero-order valence-electron chi connectivity index (χ0n) is 11.0. The van der Waals surface area contributed by atoms with E-state index in [0.29, 0.717) is 0 Å². The Morgan fingerprint density at radius 1 is 1.25 bits per heavy atom. The molecular formula is C13H15F5N2. The highest BCUT2D eigenvalue weighted by molar-refractivity contribution is 5.29. The average Bonchev–Trinajstić information content (AvgIpc) is 2.85. The van der Waals surface area contributed by atoms with Gasteiger partial charge in [-0.15, -0.1) is 0 Å². The lowest BCUT2D eigenvalue weighted by Crippen LogP contribution is -2.46. The minimum absolute atomic E-state index is 0.110. The molecule has 2 fully saturated rings. The maximum absolute atomic E-state index is 14.0. The number of alkyl halides is 5. The highest BCUT2D eigenvalue weighted by atomic mass is 19.3. The lowest BCUT2D eigenvalue weighted by Gasteiger charge is -2.44. The maximum Gasteiger partial charge on any atom is 0.267 e. The van der Waals surface area contributed by atoms with Crippen molar-refractivity contribution in [2.24, 2.45) is 5.41 Å². The Labute approximate surface area is 113 Å². The Kier molecular flexibility index (Phi) is 2.73. The monoisotopic (exact) mass is 294 g/mol. The van der Waals surface area contributed by atoms with E-state index < -0.39 is 29.0 Å². The molecule has 0 N–H and O–H groups in total. The third kappa shape index (κ3) is 2.31. The van der Waals surface area contributed by atoms with Gasteiger partial charge in [-0.05, 0) is 18.3 Å². The molecule has 2 aliphatic carbocycles. The van der Waals surface area contributed by atoms with Crippen LogP contribution in [-0.4, -0.2) is 15.7 Å². The summed E-state index contributed by atoms with van der Waals surface area (Å²) in [6.07, 6.45) is -1.90. The summed E-state index contributed by atoms with van der Waals surface area (Å²) in [5, 5.41) is 3.90. The SMILES string of the molecule is CC1(Cn2cc(C(F)F)c(C3(F)CC3)n2)CC(F)(F)C1. The number of nitrogens with zero attached hydrogens (tertiary/aromatic N) is 2. The summed E-state index contributed by atoms with van der Waals surface area (Å²) in [5.74, 6) is -2.69. The highest BCUT2D eigenvalue weighted by Gasteiger charge is 2.54. The van der Waals surface area contributed by atoms with Crippen LogP contribution in [0.1, 0.15) is 50.3 Å². The summed E-state index contributed by atoms with van der Waals surface area (Å²) in [5.41, 5.74) is -3.05. The van der Waals surface area contributed by atoms with Crippen molar-refractivity contribution in [1.29, 1.82) is 0 Å². The molecular weight excluding hydrogens is 279 g/mol. The molecule has 0 saturated heterocycles. The molecule has 1 heterocycles. The normalized spacial score (nSPS) is 25.6. The van der Waals surface area contributed by atoms with Crippen molar-refractivity contribution in [2.45, 2.75) is 57.2 Å². The van der Waals surface area contributed by atoms with Crippen LogP contribution in [0.25, 0.3) is 0 Å². The molecule has 0 aromatic carbocycles. The van der Waals surface area contributed by atoms with E-state index in [9.17, 15) is 22.0 Å². The van der Waals surface area contributed by atoms with E-state index in [-0.39, 0.29) is 37.9 Å². The average molecular weight is 294 g/mol. The van der Waals surface area contributed by atoms with Gasteiger partial charge in [0.25, 0.3) is 6.43 Å². The first kappa shape index (κ1) is 13.8. The Bertz CT molecular complexity index is 525. The quantitative estimate of drug-likeness (QED) is 0.760. The van der Waals surface area contributed by atoms with Gasteiger partial charge in [-0.3, -0.25) is 4.68 Å². The van der Waals surface area contributed by atoms with E-state index in [1.807, 2.05) is 0 Å². The predicted molar refractivity (Wildman–Crippen MR) is 61.5 cm³/mol. The fourth-order valence-electron chi connectivity index (χ4n) is 3.07. The van der Waals surface area contributed by atoms with Crippen LogP contribution in [0.2, 0.25) is 0 Å². The standard InChI is InChI=1S/C13H15F5N2/c1-11(5-13(17,18)6-11)7-20-4-8(10(14)15)9(19-20)12(16)2-3-12/h4,10H,2-3,5-7H2,1H3. The second-order valence-electron chi connectivity index (χ2n) is 6.42. The fourth-order valence-corrected chi connectivity index (χ4v) is 3.07. The van der Waals surface area contributed by atoms with Gasteiger partial charge >= 0.3 is 0 Å². The van der Waals surface area contributed by atoms with Crippen molar-refractivity contribution in [3.8, 4) is 0 Å². The third-order valence-corrected chi connectivity index (χ3v) is 4.05. The molecule has 0 bridgehead atoms. The van der Waals surface area contributed by atoms with Crippen molar-refractivity contribution in [2.75, 3.05) is 0 Å². The van der Waals surface area contributed by atoms with Crippen LogP contribution < -0.4 is 0 Å². The lowest BCUT2D eigenvalue weighted by atomic mass is 9.67. The molecule has 112 valence electrons. The Morgan fingerprint density at radius 2 is 1.85 bits per heavy atom. The zero-order valence-corrected chi connectivity index (χ0v) is 11.0. The first-order valence-electron chi connectivity index (χ1n) is 6.55. The highest BCUT2D eigenvalue weighted by Crippen LogP contribution is 2.54. The molecule has 1 aromatic rings. The van der Waals surface area contributed by atoms with Crippen LogP contribution in [-0.2, 0) is 12.2 Å². The number of aromatic nitrogens is 2. The molecule has 7 heteroatoms. The van der Waals surface area contributed by atoms with E-state index in [4.69, 9.17) is 0 Å². The number of halogens is 5. The molecule has 2 aliphatic rings. The summed E-state index contributed by atoms with van der Waals surface area (Å²) in [6, 6.07) is 0. The molecule has 0 atom stereocenters. The minimum atomic E-state index is -2.80. The van der Waals surface area contributed by atoms with Gasteiger partial charge in [-0.25, -0.2) is 22.0 Å². The number of hydrogen-bond acceptors (Lipinski definition) is 1. The van der Waals surface area contributed by atoms with Crippen molar-refractivity contribution < 1.29 is 22.0 Å². The molecule has 0 amide bonds. The van der Waals surface area contributed by atoms with E-state index >= 15 is 0 Å². The molecule has 3 rings (SSSR count). The first-order valence-corrected chi connectivity index (χ1v) is 6.55. The van der Waals surface area contributed by atoms with Gasteiger partial charge in [0.1, 0.15) is 5.69 Å². The van der Waals surface area contributed by atoms with Crippen LogP contribution in [0.15, 0.2) is 6.20 Å². The minimum Gasteiger partial charge on any atom is -0.271 e. The van der Waals surface area contributed by atoms with E-state index in [1.54, 1.807) is 6.92 Å². The topological polar surface area (TPSA) is 17.8 Å². The Hall–Kier alpha value is -1.14. The maximum atomic E-state index is 14.0. The van der Waals surface area contributed by atoms with E-state index in [1.165, 1.54) is 4.68 Å². The summed E-state index contributed by atoms with van der Waals surface area (Å²) in [7, 11) is 0. The van der Waals surface area contributed by atoms with Crippen LogP contribution in [0.4, 0.5) is 22.0 Å². The summed E-state index contributed by atoms with van der Waals surface area (Å²) in [6.45, 7) is 1.77. The summed E-state index contributed by atoms with van der Waals surface area (Å²) >= 11 is 0. The van der Waals surface area contributed by atoms with Crippen LogP contribution in [0.3, 0.4) is 0 Å². The summed E-state index contributed by atoms with van der Waals surface area (Å²) in [4.78, 5) is 0. The first-order chi connectivity index (χ1) is 9.13. The third-order valence-electron chi connectivity index (χ3n) is 4.05. The van der Waals surface area contributed by atoms with Gasteiger partial charge in [0, 0.05) is 25.6 Å². The molecule has 2 nitrogen and oxygen atoms in total. The second-order valence-corrected chi connectivity index (χ2v) is 6.42. The molecule has 0 radical (unpaired) electrons. The lowest BCUT2D eigenvalue weighted by molar-refractivity contribution is -0.159. The summed E-state index contributed by atoms with van der Waals surface area (Å²) < 4.78 is 66.9. The Morgan fingerprint density at radius 3 is 2.30 bits per heavy atom. The molecule has 20 heavy (non-hydrogen) atoms. The molecule has 1 aromatic heterocycles. The number of hydrogen-bond donors (Lipinski definition) is 0. The molecule has 0 unspecified atom stereocenters. The van der Waals surface area contributed by atoms with Crippen molar-refractivity contribution >= 4 is 0 Å². The smallest absolute Gasteiger partial charge is 0.267 e. The van der Waals surface area contributed by atoms with Crippen LogP contribution >= 0.6 is 0 Å². The van der Waals surface area contributed by atoms with Gasteiger partial charge in [0.05, 0.1) is 5.56 Å². The second kappa shape index (κ2) is 3.95. The fraction of sp³-hybridized carbons (Fsp3) is 0.769. The number of rotatable bonds is 4. The molecule has 0 aliphatic heterocycles. The largest absolute Gasteiger partial charge is 0.271 e. The van der Waals surface area contributed by atoms with Gasteiger partial charge in [0.2, 0.25) is 5.92 Å². The van der Waals surface area contributed by atoms with Crippen molar-refractivity contribution in [1.82, 2.24) is 9.78 Å². The predicted octanol–water partition coefficient (Wildman–Crippen LogP) is 4.21. The van der Waals surface area contributed by atoms with Gasteiger partial charge < -0.3 is 0 Å². The van der Waals surface area contributed by atoms with Crippen LogP contribution in [0.5, 0.6) is 0 Å². The molecule has 2 saturated carbocycles. The zero-order chi connectivity index (χ0) is 14.8. The molecule has 0 spiro atoms. The van der Waals surface area contributed by atoms with Crippen molar-refractivity contribution in [3.05, 3.63) is 17.5 Å².